The Morgan fingerprint density at radius 2 is 1.90 bits per heavy atom. The third kappa shape index (κ3) is 4.93. The summed E-state index contributed by atoms with van der Waals surface area (Å²) in [5, 5.41) is 8.83. The van der Waals surface area contributed by atoms with E-state index in [1.807, 2.05) is 12.1 Å². The molecular weight excluding hydrogens is 368 g/mol. The van der Waals surface area contributed by atoms with Crippen LogP contribution < -0.4 is 10.5 Å². The lowest BCUT2D eigenvalue weighted by Gasteiger charge is -2.26. The molecule has 4 rings (SSSR count). The van der Waals surface area contributed by atoms with Gasteiger partial charge in [0.15, 0.2) is 0 Å². The second-order valence-electron chi connectivity index (χ2n) is 7.47. The molecule has 1 aromatic heterocycles. The van der Waals surface area contributed by atoms with Crippen LogP contribution in [-0.4, -0.2) is 61.2 Å². The Labute approximate surface area is 171 Å². The molecule has 0 radical (unpaired) electrons. The van der Waals surface area contributed by atoms with Gasteiger partial charge in [0.2, 0.25) is 5.88 Å². The van der Waals surface area contributed by atoms with Crippen LogP contribution >= 0.6 is 0 Å². The highest BCUT2D eigenvalue weighted by atomic mass is 16.5. The number of nitrogens with two attached hydrogens (primary N) is 1. The van der Waals surface area contributed by atoms with Gasteiger partial charge in [0.1, 0.15) is 6.10 Å². The summed E-state index contributed by atoms with van der Waals surface area (Å²) in [5.41, 5.74) is 9.62. The molecule has 0 bridgehead atoms. The van der Waals surface area contributed by atoms with E-state index in [-0.39, 0.29) is 6.10 Å². The van der Waals surface area contributed by atoms with E-state index in [1.165, 1.54) is 5.56 Å². The highest BCUT2D eigenvalue weighted by molar-refractivity contribution is 6.15. The first-order valence-electron chi connectivity index (χ1n) is 10.2. The zero-order chi connectivity index (χ0) is 20.1. The first-order chi connectivity index (χ1) is 14.2. The number of benzene rings is 1. The molecule has 0 aliphatic carbocycles. The molecule has 2 aliphatic heterocycles. The van der Waals surface area contributed by atoms with Crippen molar-refractivity contribution in [3.05, 3.63) is 53.2 Å². The van der Waals surface area contributed by atoms with E-state index in [0.717, 1.165) is 51.3 Å². The smallest absolute Gasteiger partial charge is 0.225 e. The average Bonchev–Trinajstić information content (AvgIpc) is 2.75. The van der Waals surface area contributed by atoms with Gasteiger partial charge >= 0.3 is 0 Å². The van der Waals surface area contributed by atoms with E-state index >= 15 is 0 Å². The molecule has 0 atom stereocenters. The molecule has 3 heterocycles. The van der Waals surface area contributed by atoms with Crippen LogP contribution in [0.1, 0.15) is 29.5 Å². The summed E-state index contributed by atoms with van der Waals surface area (Å²) in [6.45, 7) is 5.62. The third-order valence-electron chi connectivity index (χ3n) is 5.37. The van der Waals surface area contributed by atoms with Crippen LogP contribution in [0.3, 0.4) is 0 Å². The fraction of sp³-hybridized carbons (Fsp3) is 0.455. The number of hydrogen-bond donors (Lipinski definition) is 2. The van der Waals surface area contributed by atoms with Crippen molar-refractivity contribution in [2.75, 3.05) is 45.3 Å². The molecule has 2 aromatic rings. The van der Waals surface area contributed by atoms with Crippen molar-refractivity contribution in [1.29, 1.82) is 5.41 Å². The van der Waals surface area contributed by atoms with Crippen LogP contribution in [0.4, 0.5) is 5.69 Å². The quantitative estimate of drug-likeness (QED) is 0.729. The standard InChI is InChI=1S/C22H28N4O3/c23-19-4-7-25-22(29-18-5-10-27-11-6-18)20(19)21(24)17-3-1-2-16(14-17)15-26-8-12-28-13-9-26/h1-4,7,14,18,24H,5-6,8-13,15H2,(H2,23,25). The minimum Gasteiger partial charge on any atom is -0.474 e. The Hall–Kier alpha value is -2.48. The number of anilines is 1. The number of nitrogens with zero attached hydrogens (tertiary/aromatic N) is 2. The van der Waals surface area contributed by atoms with Gasteiger partial charge in [-0.3, -0.25) is 10.3 Å². The van der Waals surface area contributed by atoms with Gasteiger partial charge in [-0.2, -0.15) is 0 Å². The Morgan fingerprint density at radius 3 is 2.69 bits per heavy atom. The summed E-state index contributed by atoms with van der Waals surface area (Å²) in [4.78, 5) is 6.76. The Balaban J connectivity index is 1.55. The second-order valence-corrected chi connectivity index (χ2v) is 7.47. The van der Waals surface area contributed by atoms with Crippen LogP contribution in [0.15, 0.2) is 36.5 Å². The van der Waals surface area contributed by atoms with Crippen molar-refractivity contribution in [2.24, 2.45) is 0 Å². The maximum absolute atomic E-state index is 8.83. The summed E-state index contributed by atoms with van der Waals surface area (Å²) in [6.07, 6.45) is 3.31. The largest absolute Gasteiger partial charge is 0.474 e. The Kier molecular flexibility index (Phi) is 6.39. The number of rotatable bonds is 6. The number of hydrogen-bond acceptors (Lipinski definition) is 7. The van der Waals surface area contributed by atoms with Gasteiger partial charge < -0.3 is 19.9 Å². The molecule has 0 spiro atoms. The van der Waals surface area contributed by atoms with Crippen molar-refractivity contribution in [1.82, 2.24) is 9.88 Å². The fourth-order valence-corrected chi connectivity index (χ4v) is 3.74. The molecule has 154 valence electrons. The maximum Gasteiger partial charge on any atom is 0.225 e. The summed E-state index contributed by atoms with van der Waals surface area (Å²) in [6, 6.07) is 9.81. The van der Waals surface area contributed by atoms with Gasteiger partial charge in [-0.05, 0) is 17.7 Å². The molecule has 2 aliphatic rings. The van der Waals surface area contributed by atoms with Crippen molar-refractivity contribution < 1.29 is 14.2 Å². The summed E-state index contributed by atoms with van der Waals surface area (Å²) < 4.78 is 17.0. The zero-order valence-electron chi connectivity index (χ0n) is 16.6. The fourth-order valence-electron chi connectivity index (χ4n) is 3.74. The lowest BCUT2D eigenvalue weighted by molar-refractivity contribution is 0.0237. The van der Waals surface area contributed by atoms with Gasteiger partial charge in [-0.15, -0.1) is 0 Å². The second kappa shape index (κ2) is 9.35. The van der Waals surface area contributed by atoms with Gasteiger partial charge in [-0.1, -0.05) is 18.2 Å². The summed E-state index contributed by atoms with van der Waals surface area (Å²) in [7, 11) is 0. The number of ether oxygens (including phenoxy) is 3. The van der Waals surface area contributed by atoms with Gasteiger partial charge in [0.05, 0.1) is 37.7 Å². The SMILES string of the molecule is N=C(c1cccc(CN2CCOCC2)c1)c1c(N)ccnc1OC1CCOCC1. The van der Waals surface area contributed by atoms with Crippen LogP contribution in [0.2, 0.25) is 0 Å². The third-order valence-corrected chi connectivity index (χ3v) is 5.37. The van der Waals surface area contributed by atoms with E-state index in [2.05, 4.69) is 22.0 Å². The summed E-state index contributed by atoms with van der Waals surface area (Å²) in [5.74, 6) is 0.431. The van der Waals surface area contributed by atoms with Crippen LogP contribution in [0.25, 0.3) is 0 Å². The number of morpholine rings is 1. The molecule has 29 heavy (non-hydrogen) atoms. The Morgan fingerprint density at radius 1 is 1.14 bits per heavy atom. The monoisotopic (exact) mass is 396 g/mol. The van der Waals surface area contributed by atoms with Gasteiger partial charge in [0, 0.05) is 49.9 Å². The normalized spacial score (nSPS) is 18.5. The number of nitrogens with one attached hydrogen (secondary N) is 1. The van der Waals surface area contributed by atoms with E-state index in [1.54, 1.807) is 12.3 Å². The van der Waals surface area contributed by atoms with Crippen LogP contribution in [0, 0.1) is 5.41 Å². The average molecular weight is 396 g/mol. The maximum atomic E-state index is 8.83. The van der Waals surface area contributed by atoms with Crippen molar-refractivity contribution in [2.45, 2.75) is 25.5 Å². The number of aromatic nitrogens is 1. The van der Waals surface area contributed by atoms with Crippen LogP contribution in [-0.2, 0) is 16.0 Å². The highest BCUT2D eigenvalue weighted by Gasteiger charge is 2.22. The molecule has 2 saturated heterocycles. The highest BCUT2D eigenvalue weighted by Crippen LogP contribution is 2.28. The molecule has 3 N–H and O–H groups in total. The predicted molar refractivity (Wildman–Crippen MR) is 112 cm³/mol. The zero-order valence-corrected chi connectivity index (χ0v) is 16.6. The van der Waals surface area contributed by atoms with Crippen molar-refractivity contribution in [3.8, 4) is 5.88 Å². The predicted octanol–water partition coefficient (Wildman–Crippen LogP) is 2.47. The first-order valence-corrected chi connectivity index (χ1v) is 10.2. The minimum absolute atomic E-state index is 0.0391. The molecule has 0 amide bonds. The first kappa shape index (κ1) is 19.8. The lowest BCUT2D eigenvalue weighted by atomic mass is 9.99. The number of pyridine rings is 1. The molecule has 7 heteroatoms. The topological polar surface area (TPSA) is 93.7 Å². The summed E-state index contributed by atoms with van der Waals surface area (Å²) >= 11 is 0. The number of nitrogen functional groups attached to an aromatic ring is 1. The van der Waals surface area contributed by atoms with E-state index in [0.29, 0.717) is 36.1 Å². The van der Waals surface area contributed by atoms with Crippen molar-refractivity contribution in [3.63, 3.8) is 0 Å². The minimum atomic E-state index is 0.0391. The molecule has 1 aromatic carbocycles. The molecule has 0 unspecified atom stereocenters. The lowest BCUT2D eigenvalue weighted by Crippen LogP contribution is -2.35. The van der Waals surface area contributed by atoms with Crippen molar-refractivity contribution >= 4 is 11.4 Å². The van der Waals surface area contributed by atoms with Gasteiger partial charge in [-0.25, -0.2) is 4.98 Å². The molecule has 7 nitrogen and oxygen atoms in total. The van der Waals surface area contributed by atoms with E-state index < -0.39 is 0 Å². The van der Waals surface area contributed by atoms with E-state index in [4.69, 9.17) is 25.4 Å². The van der Waals surface area contributed by atoms with E-state index in [9.17, 15) is 0 Å². The molecule has 2 fully saturated rings. The Bertz CT molecular complexity index is 846. The van der Waals surface area contributed by atoms with Gasteiger partial charge in [0.25, 0.3) is 0 Å². The van der Waals surface area contributed by atoms with Crippen LogP contribution in [0.5, 0.6) is 5.88 Å². The molecular formula is C22H28N4O3. The molecule has 0 saturated carbocycles.